The number of allylic oxidation sites excluding steroid dienone is 2. The fourth-order valence-electron chi connectivity index (χ4n) is 0.705. The molecule has 0 saturated heterocycles. The first-order valence-electron chi connectivity index (χ1n) is 2.78. The second kappa shape index (κ2) is 2.43. The van der Waals surface area contributed by atoms with Crippen LogP contribution in [0.2, 0.25) is 0 Å². The summed E-state index contributed by atoms with van der Waals surface area (Å²) >= 11 is 0. The molecule has 1 aliphatic rings. The van der Waals surface area contributed by atoms with Gasteiger partial charge in [-0.15, -0.1) is 0 Å². The van der Waals surface area contributed by atoms with Crippen molar-refractivity contribution in [1.29, 1.82) is 0 Å². The molecular formula is C6H9NOS. The molecule has 0 N–H and O–H groups in total. The predicted molar refractivity (Wildman–Crippen MR) is 39.9 cm³/mol. The maximum absolute atomic E-state index is 10.7. The highest BCUT2D eigenvalue weighted by molar-refractivity contribution is 8.00. The van der Waals surface area contributed by atoms with E-state index in [9.17, 15) is 4.21 Å². The summed E-state index contributed by atoms with van der Waals surface area (Å²) in [7, 11) is -0.864. The molecule has 2 nitrogen and oxygen atoms in total. The second-order valence-corrected chi connectivity index (χ2v) is 3.39. The molecule has 0 spiro atoms. The van der Waals surface area contributed by atoms with E-state index in [-0.39, 0.29) is 0 Å². The van der Waals surface area contributed by atoms with Crippen molar-refractivity contribution in [2.24, 2.45) is 4.99 Å². The van der Waals surface area contributed by atoms with Crippen molar-refractivity contribution in [2.45, 2.75) is 13.3 Å². The average molecular weight is 143 g/mol. The van der Waals surface area contributed by atoms with Crippen LogP contribution < -0.4 is 0 Å². The Balaban J connectivity index is 2.71. The van der Waals surface area contributed by atoms with Crippen LogP contribution in [0.3, 0.4) is 0 Å². The Kier molecular flexibility index (Phi) is 1.81. The second-order valence-electron chi connectivity index (χ2n) is 2.01. The van der Waals surface area contributed by atoms with Crippen LogP contribution in [0.4, 0.5) is 0 Å². The van der Waals surface area contributed by atoms with Gasteiger partial charge in [0, 0.05) is 18.4 Å². The number of hydrogen-bond acceptors (Lipinski definition) is 2. The zero-order chi connectivity index (χ0) is 6.85. The lowest BCUT2D eigenvalue weighted by atomic mass is 10.4. The van der Waals surface area contributed by atoms with Gasteiger partial charge in [-0.1, -0.05) is 6.08 Å². The molecule has 0 aromatic rings. The van der Waals surface area contributed by atoms with Crippen molar-refractivity contribution in [3.63, 3.8) is 0 Å². The molecule has 1 unspecified atom stereocenters. The normalized spacial score (nSPS) is 21.1. The Bertz CT molecular complexity index is 205. The van der Waals surface area contributed by atoms with Gasteiger partial charge in [-0.3, -0.25) is 4.21 Å². The fraction of sp³-hybridized carbons (Fsp3) is 0.500. The molecule has 0 aromatic heterocycles. The molecule has 0 amide bonds. The van der Waals surface area contributed by atoms with E-state index in [4.69, 9.17) is 0 Å². The lowest BCUT2D eigenvalue weighted by molar-refractivity contribution is 0.693. The van der Waals surface area contributed by atoms with Crippen LogP contribution >= 0.6 is 0 Å². The van der Waals surface area contributed by atoms with Gasteiger partial charge in [0.05, 0.1) is 10.8 Å². The Morgan fingerprint density at radius 1 is 1.78 bits per heavy atom. The molecule has 1 heterocycles. The van der Waals surface area contributed by atoms with Gasteiger partial charge in [-0.25, -0.2) is 4.99 Å². The summed E-state index contributed by atoms with van der Waals surface area (Å²) in [6.07, 6.45) is 4.41. The molecule has 0 saturated carbocycles. The summed E-state index contributed by atoms with van der Waals surface area (Å²) in [5.41, 5.74) is 0.986. The van der Waals surface area contributed by atoms with Gasteiger partial charge in [-0.2, -0.15) is 0 Å². The highest BCUT2D eigenvalue weighted by atomic mass is 32.2. The number of nitrogens with zero attached hydrogens (tertiary/aromatic N) is 1. The molecule has 0 aliphatic carbocycles. The summed E-state index contributed by atoms with van der Waals surface area (Å²) in [5, 5.41) is 0.799. The zero-order valence-electron chi connectivity index (χ0n) is 5.55. The molecule has 0 fully saturated rings. The Hall–Kier alpha value is -0.440. The minimum absolute atomic E-state index is 0.773. The lowest BCUT2D eigenvalue weighted by Gasteiger charge is -1.88. The molecular weight excluding hydrogens is 134 g/mol. The van der Waals surface area contributed by atoms with Crippen LogP contribution in [0.25, 0.3) is 0 Å². The summed E-state index contributed by atoms with van der Waals surface area (Å²) in [6.45, 7) is 1.92. The van der Waals surface area contributed by atoms with Crippen LogP contribution in [0.15, 0.2) is 16.8 Å². The van der Waals surface area contributed by atoms with Gasteiger partial charge in [0.2, 0.25) is 0 Å². The summed E-state index contributed by atoms with van der Waals surface area (Å²) < 4.78 is 10.7. The molecule has 50 valence electrons. The van der Waals surface area contributed by atoms with Crippen LogP contribution in [0.1, 0.15) is 13.3 Å². The van der Waals surface area contributed by atoms with Crippen molar-refractivity contribution in [2.75, 3.05) is 6.26 Å². The van der Waals surface area contributed by atoms with E-state index >= 15 is 0 Å². The maximum atomic E-state index is 10.7. The van der Waals surface area contributed by atoms with Crippen molar-refractivity contribution in [3.8, 4) is 0 Å². The first-order chi connectivity index (χ1) is 4.20. The first kappa shape index (κ1) is 6.68. The molecule has 1 aliphatic heterocycles. The van der Waals surface area contributed by atoms with Gasteiger partial charge in [-0.05, 0) is 6.92 Å². The van der Waals surface area contributed by atoms with Crippen LogP contribution in [0.5, 0.6) is 0 Å². The Labute approximate surface area is 57.1 Å². The summed E-state index contributed by atoms with van der Waals surface area (Å²) in [6, 6.07) is 0. The summed E-state index contributed by atoms with van der Waals surface area (Å²) in [5.74, 6) is 0. The van der Waals surface area contributed by atoms with Crippen molar-refractivity contribution in [3.05, 3.63) is 11.8 Å². The minimum Gasteiger partial charge on any atom is -0.253 e. The molecule has 0 aromatic carbocycles. The van der Waals surface area contributed by atoms with E-state index < -0.39 is 10.8 Å². The van der Waals surface area contributed by atoms with E-state index in [1.807, 2.05) is 13.0 Å². The third kappa shape index (κ3) is 1.48. The third-order valence-corrected chi connectivity index (χ3v) is 2.13. The molecule has 0 bridgehead atoms. The van der Waals surface area contributed by atoms with Gasteiger partial charge in [0.15, 0.2) is 0 Å². The van der Waals surface area contributed by atoms with Crippen molar-refractivity contribution < 1.29 is 4.21 Å². The van der Waals surface area contributed by atoms with Gasteiger partial charge >= 0.3 is 0 Å². The Morgan fingerprint density at radius 3 is 2.67 bits per heavy atom. The number of rotatable bonds is 0. The van der Waals surface area contributed by atoms with Gasteiger partial charge in [0.25, 0.3) is 0 Å². The van der Waals surface area contributed by atoms with E-state index in [0.29, 0.717) is 0 Å². The fourth-order valence-corrected chi connectivity index (χ4v) is 1.30. The molecule has 9 heavy (non-hydrogen) atoms. The lowest BCUT2D eigenvalue weighted by Crippen LogP contribution is -2.00. The van der Waals surface area contributed by atoms with Crippen LogP contribution in [-0.4, -0.2) is 15.5 Å². The molecule has 0 radical (unpaired) electrons. The summed E-state index contributed by atoms with van der Waals surface area (Å²) in [4.78, 5) is 4.07. The van der Waals surface area contributed by atoms with Crippen molar-refractivity contribution >= 4 is 15.8 Å². The highest BCUT2D eigenvalue weighted by Crippen LogP contribution is 2.10. The smallest absolute Gasteiger partial charge is 0.108 e. The predicted octanol–water partition coefficient (Wildman–Crippen LogP) is 1.07. The Morgan fingerprint density at radius 2 is 2.44 bits per heavy atom. The van der Waals surface area contributed by atoms with Crippen LogP contribution in [-0.2, 0) is 10.8 Å². The maximum Gasteiger partial charge on any atom is 0.108 e. The highest BCUT2D eigenvalue weighted by Gasteiger charge is 2.07. The average Bonchev–Trinajstić information content (AvgIpc) is 2.14. The monoisotopic (exact) mass is 143 g/mol. The van der Waals surface area contributed by atoms with Gasteiger partial charge < -0.3 is 0 Å². The number of aliphatic imine (C=N–C) groups is 1. The number of hydrogen-bond donors (Lipinski definition) is 0. The van der Waals surface area contributed by atoms with Crippen molar-refractivity contribution in [1.82, 2.24) is 0 Å². The van der Waals surface area contributed by atoms with Gasteiger partial charge in [0.1, 0.15) is 5.04 Å². The first-order valence-corrected chi connectivity index (χ1v) is 4.33. The third-order valence-electron chi connectivity index (χ3n) is 1.20. The molecule has 3 heteroatoms. The van der Waals surface area contributed by atoms with E-state index in [2.05, 4.69) is 4.99 Å². The van der Waals surface area contributed by atoms with E-state index in [0.717, 1.165) is 17.2 Å². The SMILES string of the molecule is CC1=CCC(S(C)=O)=N1. The van der Waals surface area contributed by atoms with E-state index in [1.165, 1.54) is 0 Å². The van der Waals surface area contributed by atoms with Crippen LogP contribution in [0, 0.1) is 0 Å². The topological polar surface area (TPSA) is 29.4 Å². The zero-order valence-corrected chi connectivity index (χ0v) is 6.36. The molecule has 1 rings (SSSR count). The van der Waals surface area contributed by atoms with E-state index in [1.54, 1.807) is 6.26 Å². The minimum atomic E-state index is -0.864. The molecule has 1 atom stereocenters. The quantitative estimate of drug-likeness (QED) is 0.498. The standard InChI is InChI=1S/C6H9NOS/c1-5-3-4-6(7-5)9(2)8/h3H,4H2,1-2H3. The largest absolute Gasteiger partial charge is 0.253 e.